The SMILES string of the molecule is CCC(C)n1cnc(C#N)n1. The lowest BCUT2D eigenvalue weighted by Gasteiger charge is -2.05. The van der Waals surface area contributed by atoms with Gasteiger partial charge in [0.15, 0.2) is 0 Å². The molecule has 0 aliphatic heterocycles. The number of hydrogen-bond acceptors (Lipinski definition) is 3. The van der Waals surface area contributed by atoms with Crippen LogP contribution < -0.4 is 0 Å². The van der Waals surface area contributed by atoms with Gasteiger partial charge in [0.1, 0.15) is 12.4 Å². The van der Waals surface area contributed by atoms with E-state index in [1.807, 2.05) is 13.0 Å². The van der Waals surface area contributed by atoms with Gasteiger partial charge in [0.25, 0.3) is 5.82 Å². The second-order valence-corrected chi connectivity index (χ2v) is 2.42. The summed E-state index contributed by atoms with van der Waals surface area (Å²) in [5.41, 5.74) is 0. The summed E-state index contributed by atoms with van der Waals surface area (Å²) in [6.07, 6.45) is 2.58. The van der Waals surface area contributed by atoms with Gasteiger partial charge in [0.05, 0.1) is 6.04 Å². The van der Waals surface area contributed by atoms with E-state index < -0.39 is 0 Å². The van der Waals surface area contributed by atoms with Gasteiger partial charge in [-0.05, 0) is 13.3 Å². The molecule has 0 aliphatic carbocycles. The van der Waals surface area contributed by atoms with Gasteiger partial charge < -0.3 is 0 Å². The summed E-state index contributed by atoms with van der Waals surface area (Å²) in [5, 5.41) is 12.4. The normalized spacial score (nSPS) is 12.5. The molecule has 0 N–H and O–H groups in total. The lowest BCUT2D eigenvalue weighted by molar-refractivity contribution is 0.476. The molecule has 1 aromatic rings. The predicted octanol–water partition coefficient (Wildman–Crippen LogP) is 1.12. The van der Waals surface area contributed by atoms with Crippen LogP contribution in [0.3, 0.4) is 0 Å². The first-order valence-electron chi connectivity index (χ1n) is 3.59. The van der Waals surface area contributed by atoms with E-state index in [1.54, 1.807) is 11.0 Å². The third kappa shape index (κ3) is 1.55. The van der Waals surface area contributed by atoms with Crippen LogP contribution in [0.2, 0.25) is 0 Å². The van der Waals surface area contributed by atoms with Crippen LogP contribution >= 0.6 is 0 Å². The number of hydrogen-bond donors (Lipinski definition) is 0. The summed E-state index contributed by atoms with van der Waals surface area (Å²) in [4.78, 5) is 3.79. The molecule has 1 aromatic heterocycles. The highest BCUT2D eigenvalue weighted by atomic mass is 15.3. The van der Waals surface area contributed by atoms with Crippen LogP contribution in [0.1, 0.15) is 32.1 Å². The number of nitriles is 1. The Labute approximate surface area is 65.5 Å². The van der Waals surface area contributed by atoms with Gasteiger partial charge in [-0.1, -0.05) is 6.92 Å². The minimum Gasteiger partial charge on any atom is -0.249 e. The fourth-order valence-corrected chi connectivity index (χ4v) is 0.726. The van der Waals surface area contributed by atoms with Crippen molar-refractivity contribution in [1.29, 1.82) is 5.26 Å². The molecule has 1 heterocycles. The van der Waals surface area contributed by atoms with Gasteiger partial charge >= 0.3 is 0 Å². The average Bonchev–Trinajstić information content (AvgIpc) is 2.50. The quantitative estimate of drug-likeness (QED) is 0.634. The minimum absolute atomic E-state index is 0.241. The van der Waals surface area contributed by atoms with E-state index in [4.69, 9.17) is 5.26 Å². The Morgan fingerprint density at radius 2 is 2.55 bits per heavy atom. The summed E-state index contributed by atoms with van der Waals surface area (Å²) in [6, 6.07) is 2.21. The van der Waals surface area contributed by atoms with E-state index in [-0.39, 0.29) is 5.82 Å². The van der Waals surface area contributed by atoms with Gasteiger partial charge in [-0.3, -0.25) is 0 Å². The topological polar surface area (TPSA) is 54.5 Å². The first kappa shape index (κ1) is 7.73. The molecule has 0 saturated heterocycles. The van der Waals surface area contributed by atoms with E-state index in [2.05, 4.69) is 17.0 Å². The zero-order chi connectivity index (χ0) is 8.27. The first-order valence-corrected chi connectivity index (χ1v) is 3.59. The molecule has 0 saturated carbocycles. The van der Waals surface area contributed by atoms with Crippen LogP contribution in [-0.4, -0.2) is 14.8 Å². The van der Waals surface area contributed by atoms with Gasteiger partial charge in [-0.2, -0.15) is 5.26 Å². The zero-order valence-corrected chi connectivity index (χ0v) is 6.65. The fraction of sp³-hybridized carbons (Fsp3) is 0.571. The Hall–Kier alpha value is -1.37. The summed E-state index contributed by atoms with van der Waals surface area (Å²) in [5.74, 6) is 0.241. The maximum Gasteiger partial charge on any atom is 0.252 e. The Bertz CT molecular complexity index is 270. The molecule has 1 unspecified atom stereocenters. The molecule has 4 nitrogen and oxygen atoms in total. The highest BCUT2D eigenvalue weighted by molar-refractivity contribution is 5.05. The highest BCUT2D eigenvalue weighted by Crippen LogP contribution is 2.06. The van der Waals surface area contributed by atoms with Gasteiger partial charge in [-0.15, -0.1) is 5.10 Å². The van der Waals surface area contributed by atoms with Crippen molar-refractivity contribution in [2.24, 2.45) is 0 Å². The van der Waals surface area contributed by atoms with E-state index >= 15 is 0 Å². The third-order valence-electron chi connectivity index (χ3n) is 1.65. The summed E-state index contributed by atoms with van der Waals surface area (Å²) >= 11 is 0. The molecule has 0 radical (unpaired) electrons. The number of aromatic nitrogens is 3. The summed E-state index contributed by atoms with van der Waals surface area (Å²) in [7, 11) is 0. The van der Waals surface area contributed by atoms with Crippen molar-refractivity contribution < 1.29 is 0 Å². The zero-order valence-electron chi connectivity index (χ0n) is 6.65. The smallest absolute Gasteiger partial charge is 0.249 e. The van der Waals surface area contributed by atoms with Gasteiger partial charge in [0, 0.05) is 0 Å². The Kier molecular flexibility index (Phi) is 2.21. The molecule has 1 rings (SSSR count). The van der Waals surface area contributed by atoms with Crippen molar-refractivity contribution in [2.75, 3.05) is 0 Å². The minimum atomic E-state index is 0.241. The van der Waals surface area contributed by atoms with E-state index in [0.717, 1.165) is 6.42 Å². The standard InChI is InChI=1S/C7H10N4/c1-3-6(2)11-5-9-7(4-8)10-11/h5-6H,3H2,1-2H3. The molecule has 0 bridgehead atoms. The van der Waals surface area contributed by atoms with Crippen LogP contribution in [0, 0.1) is 11.3 Å². The van der Waals surface area contributed by atoms with E-state index in [9.17, 15) is 0 Å². The summed E-state index contributed by atoms with van der Waals surface area (Å²) < 4.78 is 1.71. The number of rotatable bonds is 2. The Morgan fingerprint density at radius 1 is 1.82 bits per heavy atom. The van der Waals surface area contributed by atoms with Crippen molar-refractivity contribution >= 4 is 0 Å². The second-order valence-electron chi connectivity index (χ2n) is 2.42. The van der Waals surface area contributed by atoms with E-state index in [0.29, 0.717) is 6.04 Å². The predicted molar refractivity (Wildman–Crippen MR) is 39.7 cm³/mol. The van der Waals surface area contributed by atoms with Crippen molar-refractivity contribution in [3.8, 4) is 6.07 Å². The molecule has 0 aromatic carbocycles. The molecule has 1 atom stereocenters. The molecule has 0 amide bonds. The molecular weight excluding hydrogens is 140 g/mol. The third-order valence-corrected chi connectivity index (χ3v) is 1.65. The molecular formula is C7H10N4. The monoisotopic (exact) mass is 150 g/mol. The molecule has 58 valence electrons. The average molecular weight is 150 g/mol. The van der Waals surface area contributed by atoms with Crippen LogP contribution in [0.15, 0.2) is 6.33 Å². The van der Waals surface area contributed by atoms with E-state index in [1.165, 1.54) is 0 Å². The van der Waals surface area contributed by atoms with Gasteiger partial charge in [-0.25, -0.2) is 9.67 Å². The molecule has 0 aliphatic rings. The molecule has 0 spiro atoms. The van der Waals surface area contributed by atoms with Crippen LogP contribution in [-0.2, 0) is 0 Å². The lowest BCUT2D eigenvalue weighted by Crippen LogP contribution is -2.04. The van der Waals surface area contributed by atoms with Crippen molar-refractivity contribution in [3.63, 3.8) is 0 Å². The van der Waals surface area contributed by atoms with Crippen molar-refractivity contribution in [2.45, 2.75) is 26.3 Å². The van der Waals surface area contributed by atoms with Gasteiger partial charge in [0.2, 0.25) is 0 Å². The van der Waals surface area contributed by atoms with Crippen LogP contribution in [0.4, 0.5) is 0 Å². The number of nitrogens with zero attached hydrogens (tertiary/aromatic N) is 4. The molecule has 0 fully saturated rings. The second kappa shape index (κ2) is 3.15. The molecule has 11 heavy (non-hydrogen) atoms. The Morgan fingerprint density at radius 3 is 3.00 bits per heavy atom. The summed E-state index contributed by atoms with van der Waals surface area (Å²) in [6.45, 7) is 4.11. The maximum absolute atomic E-state index is 8.42. The highest BCUT2D eigenvalue weighted by Gasteiger charge is 2.03. The first-order chi connectivity index (χ1) is 5.27. The lowest BCUT2D eigenvalue weighted by atomic mass is 10.3. The van der Waals surface area contributed by atoms with Crippen molar-refractivity contribution in [1.82, 2.24) is 14.8 Å². The fourth-order valence-electron chi connectivity index (χ4n) is 0.726. The van der Waals surface area contributed by atoms with Crippen LogP contribution in [0.25, 0.3) is 0 Å². The molecule has 4 heteroatoms. The maximum atomic E-state index is 8.42. The van der Waals surface area contributed by atoms with Crippen LogP contribution in [0.5, 0.6) is 0 Å². The van der Waals surface area contributed by atoms with Crippen molar-refractivity contribution in [3.05, 3.63) is 12.2 Å². The largest absolute Gasteiger partial charge is 0.252 e. The Balaban J connectivity index is 2.82.